The summed E-state index contributed by atoms with van der Waals surface area (Å²) in [6, 6.07) is 4.57. The highest BCUT2D eigenvalue weighted by Crippen LogP contribution is 2.17. The smallest absolute Gasteiger partial charge is 0.118 e. The Balaban J connectivity index is 1.94. The molecule has 96 valence electrons. The fourth-order valence-electron chi connectivity index (χ4n) is 2.17. The molecule has 0 aromatic carbocycles. The second kappa shape index (κ2) is 5.67. The highest BCUT2D eigenvalue weighted by molar-refractivity contribution is 5.07. The Hall–Kier alpha value is -0.840. The molecule has 17 heavy (non-hydrogen) atoms. The molecule has 1 aliphatic heterocycles. The Kier molecular flexibility index (Phi) is 4.20. The zero-order valence-electron chi connectivity index (χ0n) is 10.9. The summed E-state index contributed by atoms with van der Waals surface area (Å²) in [7, 11) is 1.92. The molecule has 2 rings (SSSR count). The van der Waals surface area contributed by atoms with Crippen LogP contribution < -0.4 is 5.32 Å². The molecule has 2 atom stereocenters. The number of rotatable bonds is 4. The van der Waals surface area contributed by atoms with E-state index in [1.165, 1.54) is 0 Å². The van der Waals surface area contributed by atoms with Gasteiger partial charge in [0, 0.05) is 12.6 Å². The van der Waals surface area contributed by atoms with Crippen molar-refractivity contribution in [2.75, 3.05) is 20.2 Å². The van der Waals surface area contributed by atoms with Gasteiger partial charge in [-0.25, -0.2) is 0 Å². The summed E-state index contributed by atoms with van der Waals surface area (Å²) in [5.74, 6) is 2.03. The predicted molar refractivity (Wildman–Crippen MR) is 66.8 cm³/mol. The molecule has 0 amide bonds. The first-order valence-electron chi connectivity index (χ1n) is 6.27. The first kappa shape index (κ1) is 12.6. The molecule has 0 spiro atoms. The number of nitrogens with one attached hydrogen (secondary N) is 1. The first-order valence-corrected chi connectivity index (χ1v) is 6.27. The third kappa shape index (κ3) is 3.31. The van der Waals surface area contributed by atoms with E-state index in [1.807, 2.05) is 13.1 Å². The largest absolute Gasteiger partial charge is 0.463 e. The van der Waals surface area contributed by atoms with Crippen molar-refractivity contribution in [3.8, 4) is 0 Å². The van der Waals surface area contributed by atoms with Gasteiger partial charge < -0.3 is 14.5 Å². The molecule has 0 radical (unpaired) electrons. The maximum absolute atomic E-state index is 5.77. The number of nitrogens with zero attached hydrogens (tertiary/aromatic N) is 1. The maximum Gasteiger partial charge on any atom is 0.118 e. The van der Waals surface area contributed by atoms with Crippen molar-refractivity contribution in [2.24, 2.45) is 0 Å². The fourth-order valence-corrected chi connectivity index (χ4v) is 2.17. The second-order valence-electron chi connectivity index (χ2n) is 4.82. The standard InChI is InChI=1S/C13H22N2O2/c1-10-9-16-11(2)7-15(10)8-13-5-4-12(17-13)6-14-3/h4-5,10-11,14H,6-9H2,1-3H3. The fraction of sp³-hybridized carbons (Fsp3) is 0.692. The van der Waals surface area contributed by atoms with E-state index in [4.69, 9.17) is 9.15 Å². The Labute approximate surface area is 103 Å². The Morgan fingerprint density at radius 3 is 2.88 bits per heavy atom. The first-order chi connectivity index (χ1) is 8.19. The minimum Gasteiger partial charge on any atom is -0.463 e. The third-order valence-electron chi connectivity index (χ3n) is 3.16. The zero-order chi connectivity index (χ0) is 12.3. The lowest BCUT2D eigenvalue weighted by Crippen LogP contribution is -2.46. The summed E-state index contributed by atoms with van der Waals surface area (Å²) in [6.07, 6.45) is 0.318. The SMILES string of the molecule is CNCc1ccc(CN2CC(C)OCC2C)o1. The highest BCUT2D eigenvalue weighted by atomic mass is 16.5. The average Bonchev–Trinajstić information content (AvgIpc) is 2.72. The molecule has 1 saturated heterocycles. The van der Waals surface area contributed by atoms with Crippen molar-refractivity contribution in [1.29, 1.82) is 0 Å². The second-order valence-corrected chi connectivity index (χ2v) is 4.82. The van der Waals surface area contributed by atoms with Crippen molar-refractivity contribution < 1.29 is 9.15 Å². The molecule has 1 aliphatic rings. The summed E-state index contributed by atoms with van der Waals surface area (Å²) < 4.78 is 11.4. The van der Waals surface area contributed by atoms with Crippen LogP contribution in [0.4, 0.5) is 0 Å². The molecule has 2 heterocycles. The number of furan rings is 1. The van der Waals surface area contributed by atoms with Gasteiger partial charge in [-0.2, -0.15) is 0 Å². The number of hydrogen-bond donors (Lipinski definition) is 1. The lowest BCUT2D eigenvalue weighted by Gasteiger charge is -2.36. The van der Waals surface area contributed by atoms with Crippen molar-refractivity contribution in [1.82, 2.24) is 10.2 Å². The van der Waals surface area contributed by atoms with Crippen LogP contribution in [0.1, 0.15) is 25.4 Å². The van der Waals surface area contributed by atoms with Gasteiger partial charge >= 0.3 is 0 Å². The Bertz CT molecular complexity index is 351. The molecule has 0 aliphatic carbocycles. The van der Waals surface area contributed by atoms with E-state index in [0.717, 1.165) is 37.8 Å². The van der Waals surface area contributed by atoms with Crippen molar-refractivity contribution in [3.05, 3.63) is 23.7 Å². The summed E-state index contributed by atoms with van der Waals surface area (Å²) in [6.45, 7) is 7.76. The minimum absolute atomic E-state index is 0.318. The number of ether oxygens (including phenoxy) is 1. The van der Waals surface area contributed by atoms with Crippen LogP contribution in [0.15, 0.2) is 16.5 Å². The van der Waals surface area contributed by atoms with E-state index in [0.29, 0.717) is 12.1 Å². The van der Waals surface area contributed by atoms with Gasteiger partial charge in [-0.1, -0.05) is 0 Å². The molecule has 1 fully saturated rings. The van der Waals surface area contributed by atoms with Crippen molar-refractivity contribution in [3.63, 3.8) is 0 Å². The average molecular weight is 238 g/mol. The van der Waals surface area contributed by atoms with Crippen LogP contribution in [0.5, 0.6) is 0 Å². The number of morpholine rings is 1. The van der Waals surface area contributed by atoms with Gasteiger partial charge in [0.05, 0.1) is 25.8 Å². The quantitative estimate of drug-likeness (QED) is 0.864. The van der Waals surface area contributed by atoms with Crippen LogP contribution in [0.25, 0.3) is 0 Å². The summed E-state index contributed by atoms with van der Waals surface area (Å²) in [5, 5.41) is 3.09. The molecule has 4 nitrogen and oxygen atoms in total. The van der Waals surface area contributed by atoms with E-state index in [1.54, 1.807) is 0 Å². The third-order valence-corrected chi connectivity index (χ3v) is 3.16. The molecule has 0 saturated carbocycles. The molecular weight excluding hydrogens is 216 g/mol. The van der Waals surface area contributed by atoms with Crippen LogP contribution in [-0.2, 0) is 17.8 Å². The monoisotopic (exact) mass is 238 g/mol. The summed E-state index contributed by atoms with van der Waals surface area (Å²) >= 11 is 0. The Morgan fingerprint density at radius 2 is 2.12 bits per heavy atom. The summed E-state index contributed by atoms with van der Waals surface area (Å²) in [4.78, 5) is 2.41. The maximum atomic E-state index is 5.77. The van der Waals surface area contributed by atoms with Gasteiger partial charge in [-0.3, -0.25) is 4.90 Å². The molecule has 1 aromatic heterocycles. The van der Waals surface area contributed by atoms with Crippen LogP contribution in [0, 0.1) is 0 Å². The van der Waals surface area contributed by atoms with E-state index < -0.39 is 0 Å². The van der Waals surface area contributed by atoms with Crippen LogP contribution in [-0.4, -0.2) is 37.2 Å². The van der Waals surface area contributed by atoms with E-state index in [9.17, 15) is 0 Å². The molecule has 1 aromatic rings. The van der Waals surface area contributed by atoms with E-state index in [-0.39, 0.29) is 0 Å². The molecule has 2 unspecified atom stereocenters. The molecular formula is C13H22N2O2. The molecule has 1 N–H and O–H groups in total. The van der Waals surface area contributed by atoms with Crippen LogP contribution >= 0.6 is 0 Å². The van der Waals surface area contributed by atoms with Gasteiger partial charge in [0.25, 0.3) is 0 Å². The minimum atomic E-state index is 0.318. The highest BCUT2D eigenvalue weighted by Gasteiger charge is 2.24. The van der Waals surface area contributed by atoms with Crippen molar-refractivity contribution >= 4 is 0 Å². The zero-order valence-corrected chi connectivity index (χ0v) is 10.9. The predicted octanol–water partition coefficient (Wildman–Crippen LogP) is 1.61. The normalized spacial score (nSPS) is 26.3. The van der Waals surface area contributed by atoms with Gasteiger partial charge in [-0.05, 0) is 33.0 Å². The topological polar surface area (TPSA) is 37.6 Å². The van der Waals surface area contributed by atoms with Crippen LogP contribution in [0.3, 0.4) is 0 Å². The van der Waals surface area contributed by atoms with E-state index in [2.05, 4.69) is 30.1 Å². The lowest BCUT2D eigenvalue weighted by atomic mass is 10.2. The van der Waals surface area contributed by atoms with Crippen molar-refractivity contribution in [2.45, 2.75) is 39.1 Å². The van der Waals surface area contributed by atoms with Gasteiger partial charge in [0.15, 0.2) is 0 Å². The van der Waals surface area contributed by atoms with Crippen LogP contribution in [0.2, 0.25) is 0 Å². The number of hydrogen-bond acceptors (Lipinski definition) is 4. The van der Waals surface area contributed by atoms with E-state index >= 15 is 0 Å². The van der Waals surface area contributed by atoms with Gasteiger partial charge in [0.1, 0.15) is 11.5 Å². The van der Waals surface area contributed by atoms with Gasteiger partial charge in [0.2, 0.25) is 0 Å². The van der Waals surface area contributed by atoms with Gasteiger partial charge in [-0.15, -0.1) is 0 Å². The Morgan fingerprint density at radius 1 is 1.35 bits per heavy atom. The molecule has 4 heteroatoms. The summed E-state index contributed by atoms with van der Waals surface area (Å²) in [5.41, 5.74) is 0. The lowest BCUT2D eigenvalue weighted by molar-refractivity contribution is -0.0546. The molecule has 0 bridgehead atoms.